The van der Waals surface area contributed by atoms with Gasteiger partial charge in [0.15, 0.2) is 0 Å². The van der Waals surface area contributed by atoms with Gasteiger partial charge in [0.05, 0.1) is 11.2 Å². The Morgan fingerprint density at radius 2 is 2.08 bits per heavy atom. The molecular weight excluding hydrogens is 298 g/mol. The van der Waals surface area contributed by atoms with Crippen molar-refractivity contribution < 1.29 is 4.79 Å². The third-order valence-electron chi connectivity index (χ3n) is 4.67. The van der Waals surface area contributed by atoms with Gasteiger partial charge in [-0.05, 0) is 57.0 Å². The van der Waals surface area contributed by atoms with E-state index < -0.39 is 0 Å². The van der Waals surface area contributed by atoms with E-state index >= 15 is 0 Å². The topological polar surface area (TPSA) is 54.0 Å². The SMILES string of the molecule is CNC(C=Cc1ccccn1)(c1cc(C)ccc1NC=O)C1CC1. The highest BCUT2D eigenvalue weighted by Crippen LogP contribution is 2.48. The summed E-state index contributed by atoms with van der Waals surface area (Å²) < 4.78 is 0. The Kier molecular flexibility index (Phi) is 4.76. The summed E-state index contributed by atoms with van der Waals surface area (Å²) in [4.78, 5) is 15.4. The van der Waals surface area contributed by atoms with Gasteiger partial charge in [0, 0.05) is 17.4 Å². The molecule has 1 aliphatic carbocycles. The first kappa shape index (κ1) is 16.4. The molecule has 0 bridgehead atoms. The zero-order valence-electron chi connectivity index (χ0n) is 14.1. The minimum atomic E-state index is -0.311. The number of hydrogen-bond donors (Lipinski definition) is 2. The summed E-state index contributed by atoms with van der Waals surface area (Å²) >= 11 is 0. The molecule has 1 unspecified atom stereocenters. The Hall–Kier alpha value is -2.46. The van der Waals surface area contributed by atoms with Gasteiger partial charge in [0.1, 0.15) is 0 Å². The average Bonchev–Trinajstić information content (AvgIpc) is 3.45. The van der Waals surface area contributed by atoms with Crippen molar-refractivity contribution in [1.82, 2.24) is 10.3 Å². The van der Waals surface area contributed by atoms with Crippen LogP contribution in [-0.4, -0.2) is 18.4 Å². The second-order valence-electron chi connectivity index (χ2n) is 6.29. The zero-order valence-corrected chi connectivity index (χ0v) is 14.1. The highest BCUT2D eigenvalue weighted by Gasteiger charge is 2.44. The molecule has 4 nitrogen and oxygen atoms in total. The molecule has 124 valence electrons. The number of likely N-dealkylation sites (N-methyl/N-ethyl adjacent to an activating group) is 1. The summed E-state index contributed by atoms with van der Waals surface area (Å²) in [6.07, 6.45) is 9.12. The first-order chi connectivity index (χ1) is 11.7. The number of carbonyl (C=O) groups excluding carboxylic acids is 1. The van der Waals surface area contributed by atoms with E-state index in [1.54, 1.807) is 6.20 Å². The lowest BCUT2D eigenvalue weighted by Crippen LogP contribution is -2.41. The number of pyridine rings is 1. The van der Waals surface area contributed by atoms with Gasteiger partial charge in [-0.25, -0.2) is 0 Å². The number of aromatic nitrogens is 1. The fraction of sp³-hybridized carbons (Fsp3) is 0.300. The van der Waals surface area contributed by atoms with Crippen molar-refractivity contribution in [1.29, 1.82) is 0 Å². The van der Waals surface area contributed by atoms with Crippen LogP contribution >= 0.6 is 0 Å². The molecular formula is C20H23N3O. The largest absolute Gasteiger partial charge is 0.328 e. The standard InChI is InChI=1S/C20H23N3O/c1-15-6-9-19(23-14-24)18(13-15)20(21-2,16-7-8-16)11-10-17-5-3-4-12-22-17/h3-6,9-14,16,21H,7-8H2,1-2H3,(H,23,24). The minimum Gasteiger partial charge on any atom is -0.328 e. The molecule has 0 radical (unpaired) electrons. The number of nitrogens with zero attached hydrogens (tertiary/aromatic N) is 1. The molecule has 1 fully saturated rings. The van der Waals surface area contributed by atoms with Crippen LogP contribution in [0.3, 0.4) is 0 Å². The molecule has 1 heterocycles. The number of nitrogens with one attached hydrogen (secondary N) is 2. The van der Waals surface area contributed by atoms with Crippen molar-refractivity contribution in [2.24, 2.45) is 5.92 Å². The highest BCUT2D eigenvalue weighted by molar-refractivity contribution is 5.75. The first-order valence-corrected chi connectivity index (χ1v) is 8.30. The fourth-order valence-corrected chi connectivity index (χ4v) is 3.29. The number of carbonyl (C=O) groups is 1. The second kappa shape index (κ2) is 6.97. The number of aryl methyl sites for hydroxylation is 1. The molecule has 0 spiro atoms. The van der Waals surface area contributed by atoms with Crippen LogP contribution in [0.2, 0.25) is 0 Å². The van der Waals surface area contributed by atoms with Gasteiger partial charge in [-0.3, -0.25) is 9.78 Å². The first-order valence-electron chi connectivity index (χ1n) is 8.30. The second-order valence-corrected chi connectivity index (χ2v) is 6.29. The van der Waals surface area contributed by atoms with Crippen molar-refractivity contribution in [2.45, 2.75) is 25.3 Å². The Morgan fingerprint density at radius 3 is 2.71 bits per heavy atom. The maximum Gasteiger partial charge on any atom is 0.211 e. The summed E-state index contributed by atoms with van der Waals surface area (Å²) in [5.74, 6) is 0.511. The molecule has 1 saturated carbocycles. The van der Waals surface area contributed by atoms with Gasteiger partial charge in [-0.15, -0.1) is 0 Å². The number of hydrogen-bond acceptors (Lipinski definition) is 3. The third-order valence-corrected chi connectivity index (χ3v) is 4.67. The summed E-state index contributed by atoms with van der Waals surface area (Å²) in [5.41, 5.74) is 3.74. The number of benzene rings is 1. The summed E-state index contributed by atoms with van der Waals surface area (Å²) in [5, 5.41) is 6.37. The maximum atomic E-state index is 11.0. The molecule has 1 amide bonds. The normalized spacial score (nSPS) is 16.8. The van der Waals surface area contributed by atoms with E-state index in [2.05, 4.69) is 40.8 Å². The Bertz CT molecular complexity index is 738. The van der Waals surface area contributed by atoms with Crippen LogP contribution in [0.1, 0.15) is 29.7 Å². The monoisotopic (exact) mass is 321 g/mol. The molecule has 2 N–H and O–H groups in total. The van der Waals surface area contributed by atoms with Crippen LogP contribution in [-0.2, 0) is 10.3 Å². The van der Waals surface area contributed by atoms with Crippen LogP contribution in [0.25, 0.3) is 6.08 Å². The van der Waals surface area contributed by atoms with Crippen molar-refractivity contribution in [2.75, 3.05) is 12.4 Å². The fourth-order valence-electron chi connectivity index (χ4n) is 3.29. The zero-order chi connectivity index (χ0) is 17.0. The predicted molar refractivity (Wildman–Crippen MR) is 97.6 cm³/mol. The lowest BCUT2D eigenvalue weighted by Gasteiger charge is -2.33. The van der Waals surface area contributed by atoms with Gasteiger partial charge in [-0.2, -0.15) is 0 Å². The molecule has 1 aliphatic rings. The maximum absolute atomic E-state index is 11.0. The lowest BCUT2D eigenvalue weighted by atomic mass is 9.82. The number of amides is 1. The molecule has 4 heteroatoms. The van der Waals surface area contributed by atoms with Gasteiger partial charge in [0.25, 0.3) is 0 Å². The third kappa shape index (κ3) is 3.24. The van der Waals surface area contributed by atoms with Crippen LogP contribution in [0.15, 0.2) is 48.7 Å². The average molecular weight is 321 g/mol. The van der Waals surface area contributed by atoms with Crippen molar-refractivity contribution in [3.05, 3.63) is 65.5 Å². The van der Waals surface area contributed by atoms with Crippen molar-refractivity contribution >= 4 is 18.2 Å². The van der Waals surface area contributed by atoms with E-state index in [9.17, 15) is 4.79 Å². The summed E-state index contributed by atoms with van der Waals surface area (Å²) in [7, 11) is 1.98. The number of rotatable bonds is 7. The van der Waals surface area contributed by atoms with Crippen molar-refractivity contribution in [3.63, 3.8) is 0 Å². The molecule has 2 aromatic rings. The molecule has 24 heavy (non-hydrogen) atoms. The molecule has 1 aromatic carbocycles. The van der Waals surface area contributed by atoms with Gasteiger partial charge in [-0.1, -0.05) is 29.8 Å². The predicted octanol–water partition coefficient (Wildman–Crippen LogP) is 3.50. The quantitative estimate of drug-likeness (QED) is 0.768. The molecule has 3 rings (SSSR count). The van der Waals surface area contributed by atoms with Crippen molar-refractivity contribution in [3.8, 4) is 0 Å². The Morgan fingerprint density at radius 1 is 1.25 bits per heavy atom. The van der Waals surface area contributed by atoms with E-state index in [4.69, 9.17) is 0 Å². The van der Waals surface area contributed by atoms with Gasteiger partial charge >= 0.3 is 0 Å². The van der Waals surface area contributed by atoms with Gasteiger partial charge in [0.2, 0.25) is 6.41 Å². The van der Waals surface area contributed by atoms with E-state index in [1.807, 2.05) is 37.4 Å². The smallest absolute Gasteiger partial charge is 0.211 e. The molecule has 1 aromatic heterocycles. The van der Waals surface area contributed by atoms with Crippen LogP contribution < -0.4 is 10.6 Å². The van der Waals surface area contributed by atoms with E-state index in [-0.39, 0.29) is 5.54 Å². The van der Waals surface area contributed by atoms with Crippen LogP contribution in [0, 0.1) is 12.8 Å². The van der Waals surface area contributed by atoms with E-state index in [0.29, 0.717) is 5.92 Å². The van der Waals surface area contributed by atoms with E-state index in [1.165, 1.54) is 18.4 Å². The Labute approximate surface area is 143 Å². The van der Waals surface area contributed by atoms with Crippen LogP contribution in [0.4, 0.5) is 5.69 Å². The summed E-state index contributed by atoms with van der Waals surface area (Å²) in [6.45, 7) is 2.07. The summed E-state index contributed by atoms with van der Waals surface area (Å²) in [6, 6.07) is 12.0. The highest BCUT2D eigenvalue weighted by atomic mass is 16.1. The van der Waals surface area contributed by atoms with Gasteiger partial charge < -0.3 is 10.6 Å². The van der Waals surface area contributed by atoms with Crippen LogP contribution in [0.5, 0.6) is 0 Å². The Balaban J connectivity index is 2.08. The minimum absolute atomic E-state index is 0.311. The molecule has 0 saturated heterocycles. The van der Waals surface area contributed by atoms with E-state index in [0.717, 1.165) is 23.4 Å². The molecule has 1 atom stereocenters. The number of anilines is 1. The molecule has 0 aliphatic heterocycles. The lowest BCUT2D eigenvalue weighted by molar-refractivity contribution is -0.105.